The molecule has 0 bridgehead atoms. The van der Waals surface area contributed by atoms with Crippen molar-refractivity contribution in [2.24, 2.45) is 0 Å². The van der Waals surface area contributed by atoms with Crippen LogP contribution in [0.15, 0.2) is 29.1 Å². The predicted octanol–water partition coefficient (Wildman–Crippen LogP) is 3.53. The van der Waals surface area contributed by atoms with Crippen molar-refractivity contribution >= 4 is 27.6 Å². The zero-order valence-electron chi connectivity index (χ0n) is 12.4. The van der Waals surface area contributed by atoms with E-state index in [9.17, 15) is 0 Å². The molecular formula is C15H19N3OS2. The molecule has 3 aromatic heterocycles. The monoisotopic (exact) mass is 321 g/mol. The van der Waals surface area contributed by atoms with Crippen LogP contribution in [0.1, 0.15) is 24.4 Å². The van der Waals surface area contributed by atoms with Gasteiger partial charge >= 0.3 is 0 Å². The van der Waals surface area contributed by atoms with Gasteiger partial charge in [-0.3, -0.25) is 4.40 Å². The molecule has 0 amide bonds. The van der Waals surface area contributed by atoms with Crippen LogP contribution in [-0.2, 0) is 12.0 Å². The zero-order valence-corrected chi connectivity index (χ0v) is 14.1. The summed E-state index contributed by atoms with van der Waals surface area (Å²) in [5.41, 5.74) is 1.20. The van der Waals surface area contributed by atoms with Crippen LogP contribution in [0.4, 0.5) is 0 Å². The highest BCUT2D eigenvalue weighted by Crippen LogP contribution is 2.27. The fourth-order valence-electron chi connectivity index (χ4n) is 2.38. The number of imidazole rings is 1. The molecule has 21 heavy (non-hydrogen) atoms. The molecule has 6 heteroatoms. The van der Waals surface area contributed by atoms with E-state index in [0.717, 1.165) is 23.7 Å². The number of hydrogen-bond donors (Lipinski definition) is 1. The number of thiophene rings is 1. The van der Waals surface area contributed by atoms with Gasteiger partial charge in [0.1, 0.15) is 5.69 Å². The second-order valence-electron chi connectivity index (χ2n) is 5.59. The quantitative estimate of drug-likeness (QED) is 0.755. The molecule has 0 saturated heterocycles. The van der Waals surface area contributed by atoms with Crippen LogP contribution in [0.25, 0.3) is 4.96 Å². The van der Waals surface area contributed by atoms with Gasteiger partial charge in [0.15, 0.2) is 4.96 Å². The van der Waals surface area contributed by atoms with E-state index < -0.39 is 0 Å². The average Bonchev–Trinajstić information content (AvgIpc) is 3.16. The number of aromatic nitrogens is 2. The molecule has 0 aliphatic heterocycles. The Morgan fingerprint density at radius 2 is 2.19 bits per heavy atom. The fraction of sp³-hybridized carbons (Fsp3) is 0.400. The fourth-order valence-corrected chi connectivity index (χ4v) is 3.96. The lowest BCUT2D eigenvalue weighted by atomic mass is 9.91. The van der Waals surface area contributed by atoms with E-state index in [1.165, 1.54) is 4.88 Å². The highest BCUT2D eigenvalue weighted by molar-refractivity contribution is 7.15. The molecule has 0 aliphatic rings. The van der Waals surface area contributed by atoms with Crippen LogP contribution < -0.4 is 10.1 Å². The molecule has 4 nitrogen and oxygen atoms in total. The largest absolute Gasteiger partial charge is 0.480 e. The summed E-state index contributed by atoms with van der Waals surface area (Å²) in [5.74, 6) is 0.711. The van der Waals surface area contributed by atoms with Crippen molar-refractivity contribution in [1.29, 1.82) is 0 Å². The average molecular weight is 321 g/mol. The lowest BCUT2D eigenvalue weighted by molar-refractivity contribution is 0.390. The van der Waals surface area contributed by atoms with Crippen LogP contribution in [0.5, 0.6) is 5.88 Å². The van der Waals surface area contributed by atoms with Gasteiger partial charge < -0.3 is 10.1 Å². The lowest BCUT2D eigenvalue weighted by Crippen LogP contribution is -2.32. The van der Waals surface area contributed by atoms with Gasteiger partial charge in [0.05, 0.1) is 7.11 Å². The highest BCUT2D eigenvalue weighted by Gasteiger charge is 2.22. The lowest BCUT2D eigenvalue weighted by Gasteiger charge is -2.23. The summed E-state index contributed by atoms with van der Waals surface area (Å²) in [6.45, 7) is 6.18. The first-order valence-electron chi connectivity index (χ1n) is 6.85. The van der Waals surface area contributed by atoms with E-state index in [0.29, 0.717) is 5.88 Å². The topological polar surface area (TPSA) is 38.6 Å². The normalized spacial score (nSPS) is 12.1. The first kappa shape index (κ1) is 14.6. The summed E-state index contributed by atoms with van der Waals surface area (Å²) in [6, 6.07) is 4.31. The van der Waals surface area contributed by atoms with E-state index in [4.69, 9.17) is 4.74 Å². The van der Waals surface area contributed by atoms with Crippen LogP contribution in [-0.4, -0.2) is 23.0 Å². The molecule has 0 aromatic carbocycles. The maximum Gasteiger partial charge on any atom is 0.237 e. The van der Waals surface area contributed by atoms with Gasteiger partial charge in [-0.15, -0.1) is 22.7 Å². The van der Waals surface area contributed by atoms with Gasteiger partial charge in [-0.25, -0.2) is 0 Å². The molecule has 0 saturated carbocycles. The van der Waals surface area contributed by atoms with Gasteiger partial charge in [-0.2, -0.15) is 4.98 Å². The Kier molecular flexibility index (Phi) is 4.01. The van der Waals surface area contributed by atoms with Crippen molar-refractivity contribution in [3.05, 3.63) is 39.7 Å². The SMILES string of the molecule is COc1nc2sccn2c1CNCC(C)(C)c1cccs1. The highest BCUT2D eigenvalue weighted by atomic mass is 32.1. The second kappa shape index (κ2) is 5.79. The summed E-state index contributed by atoms with van der Waals surface area (Å²) < 4.78 is 7.47. The van der Waals surface area contributed by atoms with Crippen LogP contribution in [0, 0.1) is 0 Å². The summed E-state index contributed by atoms with van der Waals surface area (Å²) in [6.07, 6.45) is 2.04. The second-order valence-corrected chi connectivity index (χ2v) is 7.41. The Hall–Kier alpha value is -1.37. The summed E-state index contributed by atoms with van der Waals surface area (Å²) >= 11 is 3.43. The van der Waals surface area contributed by atoms with Gasteiger partial charge in [0, 0.05) is 35.0 Å². The number of thiazole rings is 1. The Morgan fingerprint density at radius 1 is 1.33 bits per heavy atom. The Labute approximate surface area is 132 Å². The molecule has 0 fully saturated rings. The van der Waals surface area contributed by atoms with Crippen LogP contribution >= 0.6 is 22.7 Å². The third kappa shape index (κ3) is 2.84. The minimum atomic E-state index is 0.125. The first-order valence-corrected chi connectivity index (χ1v) is 8.61. The Balaban J connectivity index is 1.70. The molecule has 3 aromatic rings. The molecule has 0 radical (unpaired) electrons. The number of methoxy groups -OCH3 is 1. The molecule has 1 N–H and O–H groups in total. The van der Waals surface area contributed by atoms with Crippen molar-refractivity contribution in [2.45, 2.75) is 25.8 Å². The molecule has 0 aliphatic carbocycles. The summed E-state index contributed by atoms with van der Waals surface area (Å²) in [4.78, 5) is 6.85. The molecule has 3 rings (SSSR count). The van der Waals surface area contributed by atoms with Crippen LogP contribution in [0.2, 0.25) is 0 Å². The Bertz CT molecular complexity index is 713. The smallest absolute Gasteiger partial charge is 0.237 e. The third-order valence-electron chi connectivity index (χ3n) is 3.57. The third-order valence-corrected chi connectivity index (χ3v) is 5.56. The number of nitrogens with zero attached hydrogens (tertiary/aromatic N) is 2. The van der Waals surface area contributed by atoms with Crippen molar-refractivity contribution in [1.82, 2.24) is 14.7 Å². The zero-order chi connectivity index (χ0) is 14.9. The number of ether oxygens (including phenoxy) is 1. The Morgan fingerprint density at radius 3 is 2.90 bits per heavy atom. The molecule has 0 atom stereocenters. The first-order chi connectivity index (χ1) is 10.1. The van der Waals surface area contributed by atoms with Crippen molar-refractivity contribution in [3.63, 3.8) is 0 Å². The van der Waals surface area contributed by atoms with Crippen molar-refractivity contribution < 1.29 is 4.74 Å². The van der Waals surface area contributed by atoms with Crippen LogP contribution in [0.3, 0.4) is 0 Å². The van der Waals surface area contributed by atoms with E-state index in [2.05, 4.69) is 46.1 Å². The van der Waals surface area contributed by atoms with E-state index >= 15 is 0 Å². The van der Waals surface area contributed by atoms with Gasteiger partial charge in [0.25, 0.3) is 0 Å². The van der Waals surface area contributed by atoms with Gasteiger partial charge in [-0.05, 0) is 11.4 Å². The predicted molar refractivity (Wildman–Crippen MR) is 88.7 cm³/mol. The minimum Gasteiger partial charge on any atom is -0.480 e. The maximum absolute atomic E-state index is 5.38. The van der Waals surface area contributed by atoms with Crippen molar-refractivity contribution in [3.8, 4) is 5.88 Å². The number of nitrogens with one attached hydrogen (secondary N) is 1. The van der Waals surface area contributed by atoms with E-state index in [1.807, 2.05) is 22.9 Å². The molecular weight excluding hydrogens is 302 g/mol. The molecule has 0 spiro atoms. The molecule has 112 valence electrons. The van der Waals surface area contributed by atoms with E-state index in [1.54, 1.807) is 18.4 Å². The molecule has 0 unspecified atom stereocenters. The maximum atomic E-state index is 5.38. The minimum absolute atomic E-state index is 0.125. The summed E-state index contributed by atoms with van der Waals surface area (Å²) in [5, 5.41) is 7.72. The van der Waals surface area contributed by atoms with Gasteiger partial charge in [0.2, 0.25) is 5.88 Å². The number of fused-ring (bicyclic) bond motifs is 1. The number of rotatable bonds is 6. The van der Waals surface area contributed by atoms with E-state index in [-0.39, 0.29) is 5.41 Å². The summed E-state index contributed by atoms with van der Waals surface area (Å²) in [7, 11) is 1.67. The standard InChI is InChI=1S/C15H19N3OS2/c1-15(2,12-5-4-7-20-12)10-16-9-11-13(19-3)17-14-18(11)6-8-21-14/h4-8,16H,9-10H2,1-3H3. The van der Waals surface area contributed by atoms with Crippen molar-refractivity contribution in [2.75, 3.05) is 13.7 Å². The number of hydrogen-bond acceptors (Lipinski definition) is 5. The van der Waals surface area contributed by atoms with Gasteiger partial charge in [-0.1, -0.05) is 19.9 Å². The molecule has 3 heterocycles.